The standard InChI is InChI=1S/C9H13FO5/c1-5(11)13-4-8-9(15-6(2)12)7(10)3-14-8/h7-9H,3-4H2,1-2H3/t7-,8-,9+/m1/s1. The van der Waals surface area contributed by atoms with Gasteiger partial charge in [-0.05, 0) is 0 Å². The molecule has 1 fully saturated rings. The molecule has 0 spiro atoms. The molecule has 6 heteroatoms. The zero-order valence-corrected chi connectivity index (χ0v) is 8.57. The number of alkyl halides is 1. The van der Waals surface area contributed by atoms with Crippen LogP contribution in [0, 0.1) is 0 Å². The van der Waals surface area contributed by atoms with Crippen LogP contribution in [-0.2, 0) is 23.8 Å². The SMILES string of the molecule is CC(=O)OC[C@H]1OC[C@@H](F)[C@@H]1OC(C)=O. The molecule has 0 N–H and O–H groups in total. The van der Waals surface area contributed by atoms with Gasteiger partial charge in [-0.25, -0.2) is 4.39 Å². The van der Waals surface area contributed by atoms with Gasteiger partial charge in [-0.2, -0.15) is 0 Å². The summed E-state index contributed by atoms with van der Waals surface area (Å²) in [6.45, 7) is 2.17. The number of esters is 2. The topological polar surface area (TPSA) is 61.8 Å². The van der Waals surface area contributed by atoms with Gasteiger partial charge in [-0.3, -0.25) is 9.59 Å². The zero-order valence-electron chi connectivity index (χ0n) is 8.57. The Balaban J connectivity index is 2.47. The highest BCUT2D eigenvalue weighted by Crippen LogP contribution is 2.21. The quantitative estimate of drug-likeness (QED) is 0.636. The van der Waals surface area contributed by atoms with Crippen LogP contribution in [0.25, 0.3) is 0 Å². The lowest BCUT2D eigenvalue weighted by Gasteiger charge is -2.18. The molecule has 3 atom stereocenters. The smallest absolute Gasteiger partial charge is 0.303 e. The van der Waals surface area contributed by atoms with Crippen LogP contribution in [0.2, 0.25) is 0 Å². The maximum atomic E-state index is 13.2. The monoisotopic (exact) mass is 220 g/mol. The van der Waals surface area contributed by atoms with Gasteiger partial charge in [0.05, 0.1) is 6.61 Å². The van der Waals surface area contributed by atoms with E-state index in [2.05, 4.69) is 4.74 Å². The van der Waals surface area contributed by atoms with Crippen molar-refractivity contribution in [1.82, 2.24) is 0 Å². The molecular formula is C9H13FO5. The van der Waals surface area contributed by atoms with E-state index >= 15 is 0 Å². The fraction of sp³-hybridized carbons (Fsp3) is 0.778. The predicted molar refractivity (Wildman–Crippen MR) is 46.8 cm³/mol. The van der Waals surface area contributed by atoms with Crippen LogP contribution in [0.3, 0.4) is 0 Å². The lowest BCUT2D eigenvalue weighted by molar-refractivity contribution is -0.155. The summed E-state index contributed by atoms with van der Waals surface area (Å²) in [5, 5.41) is 0. The van der Waals surface area contributed by atoms with E-state index in [0.29, 0.717) is 0 Å². The number of hydrogen-bond donors (Lipinski definition) is 0. The highest BCUT2D eigenvalue weighted by Gasteiger charge is 2.40. The maximum Gasteiger partial charge on any atom is 0.303 e. The summed E-state index contributed by atoms with van der Waals surface area (Å²) < 4.78 is 27.6. The van der Waals surface area contributed by atoms with Gasteiger partial charge in [0.25, 0.3) is 0 Å². The van der Waals surface area contributed by atoms with Crippen LogP contribution < -0.4 is 0 Å². The van der Waals surface area contributed by atoms with E-state index in [1.54, 1.807) is 0 Å². The van der Waals surface area contributed by atoms with Gasteiger partial charge in [0.15, 0.2) is 12.3 Å². The van der Waals surface area contributed by atoms with E-state index in [1.807, 2.05) is 0 Å². The summed E-state index contributed by atoms with van der Waals surface area (Å²) in [5.41, 5.74) is 0. The Labute approximate surface area is 86.5 Å². The van der Waals surface area contributed by atoms with E-state index in [-0.39, 0.29) is 13.2 Å². The second-order valence-corrected chi connectivity index (χ2v) is 3.26. The summed E-state index contributed by atoms with van der Waals surface area (Å²) >= 11 is 0. The molecule has 1 saturated heterocycles. The third kappa shape index (κ3) is 3.47. The first kappa shape index (κ1) is 11.9. The number of rotatable bonds is 3. The van der Waals surface area contributed by atoms with Crippen molar-refractivity contribution in [2.45, 2.75) is 32.2 Å². The Morgan fingerprint density at radius 2 is 2.07 bits per heavy atom. The van der Waals surface area contributed by atoms with Gasteiger partial charge in [0, 0.05) is 13.8 Å². The summed E-state index contributed by atoms with van der Waals surface area (Å²) in [5.74, 6) is -1.07. The number of halogens is 1. The Morgan fingerprint density at radius 3 is 2.60 bits per heavy atom. The van der Waals surface area contributed by atoms with E-state index in [0.717, 1.165) is 0 Å². The van der Waals surface area contributed by atoms with Crippen LogP contribution in [0.15, 0.2) is 0 Å². The lowest BCUT2D eigenvalue weighted by Crippen LogP contribution is -2.35. The van der Waals surface area contributed by atoms with Crippen LogP contribution >= 0.6 is 0 Å². The molecule has 1 aliphatic rings. The van der Waals surface area contributed by atoms with Crippen LogP contribution in [0.5, 0.6) is 0 Å². The second kappa shape index (κ2) is 5.06. The van der Waals surface area contributed by atoms with Crippen molar-refractivity contribution in [2.24, 2.45) is 0 Å². The van der Waals surface area contributed by atoms with Crippen molar-refractivity contribution in [3.8, 4) is 0 Å². The molecule has 0 bridgehead atoms. The molecule has 0 saturated carbocycles. The second-order valence-electron chi connectivity index (χ2n) is 3.26. The van der Waals surface area contributed by atoms with Gasteiger partial charge in [0.1, 0.15) is 12.7 Å². The number of carbonyl (C=O) groups is 2. The third-order valence-corrected chi connectivity index (χ3v) is 1.95. The largest absolute Gasteiger partial charge is 0.463 e. The molecule has 1 rings (SSSR count). The molecule has 0 unspecified atom stereocenters. The average Bonchev–Trinajstić information content (AvgIpc) is 2.44. The molecule has 1 aliphatic heterocycles. The van der Waals surface area contributed by atoms with Crippen molar-refractivity contribution < 1.29 is 28.2 Å². The van der Waals surface area contributed by atoms with E-state index in [1.165, 1.54) is 13.8 Å². The molecule has 86 valence electrons. The van der Waals surface area contributed by atoms with Crippen LogP contribution in [-0.4, -0.2) is 43.5 Å². The van der Waals surface area contributed by atoms with Crippen LogP contribution in [0.4, 0.5) is 4.39 Å². The summed E-state index contributed by atoms with van der Waals surface area (Å²) in [7, 11) is 0. The lowest BCUT2D eigenvalue weighted by atomic mass is 10.2. The molecule has 15 heavy (non-hydrogen) atoms. The normalized spacial score (nSPS) is 29.9. The fourth-order valence-corrected chi connectivity index (χ4v) is 1.32. The molecule has 0 radical (unpaired) electrons. The van der Waals surface area contributed by atoms with Crippen molar-refractivity contribution in [2.75, 3.05) is 13.2 Å². The molecule has 0 aromatic heterocycles. The van der Waals surface area contributed by atoms with Gasteiger partial charge in [-0.1, -0.05) is 0 Å². The molecule has 0 aromatic rings. The van der Waals surface area contributed by atoms with Gasteiger partial charge in [0.2, 0.25) is 0 Å². The number of ether oxygens (including phenoxy) is 3. The minimum atomic E-state index is -1.37. The van der Waals surface area contributed by atoms with Gasteiger partial charge >= 0.3 is 11.9 Å². The highest BCUT2D eigenvalue weighted by molar-refractivity contribution is 5.66. The van der Waals surface area contributed by atoms with Crippen molar-refractivity contribution in [3.05, 3.63) is 0 Å². The van der Waals surface area contributed by atoms with Crippen molar-refractivity contribution >= 4 is 11.9 Å². The number of carbonyl (C=O) groups excluding carboxylic acids is 2. The number of hydrogen-bond acceptors (Lipinski definition) is 5. The van der Waals surface area contributed by atoms with Crippen LogP contribution in [0.1, 0.15) is 13.8 Å². The predicted octanol–water partition coefficient (Wildman–Crippen LogP) is 0.218. The minimum Gasteiger partial charge on any atom is -0.463 e. The van der Waals surface area contributed by atoms with E-state index < -0.39 is 30.3 Å². The first-order valence-electron chi connectivity index (χ1n) is 4.57. The summed E-state index contributed by atoms with van der Waals surface area (Å²) in [4.78, 5) is 21.2. The van der Waals surface area contributed by atoms with Gasteiger partial charge < -0.3 is 14.2 Å². The third-order valence-electron chi connectivity index (χ3n) is 1.95. The molecule has 1 heterocycles. The average molecular weight is 220 g/mol. The van der Waals surface area contributed by atoms with E-state index in [4.69, 9.17) is 9.47 Å². The van der Waals surface area contributed by atoms with Crippen molar-refractivity contribution in [3.63, 3.8) is 0 Å². The Kier molecular flexibility index (Phi) is 4.02. The fourth-order valence-electron chi connectivity index (χ4n) is 1.32. The summed E-state index contributed by atoms with van der Waals surface area (Å²) in [6, 6.07) is 0. The Hall–Kier alpha value is -1.17. The Bertz CT molecular complexity index is 255. The molecule has 0 amide bonds. The minimum absolute atomic E-state index is 0.103. The van der Waals surface area contributed by atoms with E-state index in [9.17, 15) is 14.0 Å². The first-order valence-corrected chi connectivity index (χ1v) is 4.57. The zero-order chi connectivity index (χ0) is 11.4. The van der Waals surface area contributed by atoms with Crippen molar-refractivity contribution in [1.29, 1.82) is 0 Å². The molecule has 0 aromatic carbocycles. The summed E-state index contributed by atoms with van der Waals surface area (Å²) in [6.07, 6.45) is -3.07. The Morgan fingerprint density at radius 1 is 1.40 bits per heavy atom. The van der Waals surface area contributed by atoms with Gasteiger partial charge in [-0.15, -0.1) is 0 Å². The maximum absolute atomic E-state index is 13.2. The molecule has 5 nitrogen and oxygen atoms in total. The molecule has 0 aliphatic carbocycles. The first-order chi connectivity index (χ1) is 7.00. The highest BCUT2D eigenvalue weighted by atomic mass is 19.1. The molecular weight excluding hydrogens is 207 g/mol.